The van der Waals surface area contributed by atoms with Crippen LogP contribution in [0.25, 0.3) is 5.76 Å². The van der Waals surface area contributed by atoms with Crippen LogP contribution in [0.3, 0.4) is 0 Å². The lowest BCUT2D eigenvalue weighted by Crippen LogP contribution is -2.29. The third-order valence-corrected chi connectivity index (χ3v) is 6.32. The fraction of sp³-hybridized carbons (Fsp3) is 0.179. The smallest absolute Gasteiger partial charge is 0.338 e. The fourth-order valence-corrected chi connectivity index (χ4v) is 4.78. The molecule has 0 aliphatic carbocycles. The van der Waals surface area contributed by atoms with Crippen molar-refractivity contribution in [3.8, 4) is 5.75 Å². The van der Waals surface area contributed by atoms with Gasteiger partial charge in [-0.25, -0.2) is 4.79 Å². The summed E-state index contributed by atoms with van der Waals surface area (Å²) in [6.07, 6.45) is -0.289. The van der Waals surface area contributed by atoms with Gasteiger partial charge in [0.25, 0.3) is 11.7 Å². The number of carbonyl (C=O) groups is 3. The summed E-state index contributed by atoms with van der Waals surface area (Å²) < 4.78 is 10.4. The zero-order valence-corrected chi connectivity index (χ0v) is 21.7. The minimum Gasteiger partial charge on any atom is -0.507 e. The van der Waals surface area contributed by atoms with Crippen molar-refractivity contribution in [3.63, 3.8) is 0 Å². The first-order valence-corrected chi connectivity index (χ1v) is 12.1. The number of benzene rings is 3. The van der Waals surface area contributed by atoms with Crippen LogP contribution in [0.2, 0.25) is 10.0 Å². The van der Waals surface area contributed by atoms with Crippen molar-refractivity contribution in [1.82, 2.24) is 0 Å². The van der Waals surface area contributed by atoms with Crippen LogP contribution >= 0.6 is 23.2 Å². The highest BCUT2D eigenvalue weighted by Gasteiger charge is 2.47. The quantitative estimate of drug-likeness (QED) is 0.173. The molecule has 1 fully saturated rings. The van der Waals surface area contributed by atoms with E-state index in [0.717, 1.165) is 0 Å². The Morgan fingerprint density at radius 1 is 0.946 bits per heavy atom. The molecule has 0 aromatic heterocycles. The molecular weight excluding hydrogens is 517 g/mol. The summed E-state index contributed by atoms with van der Waals surface area (Å²) in [5.41, 5.74) is 1.28. The number of halogens is 2. The molecule has 0 saturated carbocycles. The Labute approximate surface area is 223 Å². The highest BCUT2D eigenvalue weighted by molar-refractivity contribution is 6.51. The van der Waals surface area contributed by atoms with Gasteiger partial charge in [-0.1, -0.05) is 53.5 Å². The van der Waals surface area contributed by atoms with Crippen molar-refractivity contribution >= 4 is 52.3 Å². The van der Waals surface area contributed by atoms with E-state index in [-0.39, 0.29) is 33.0 Å². The fourth-order valence-electron chi connectivity index (χ4n) is 4.14. The Kier molecular flexibility index (Phi) is 7.57. The molecule has 0 spiro atoms. The molecule has 9 heteroatoms. The normalized spacial score (nSPS) is 16.8. The number of amides is 1. The van der Waals surface area contributed by atoms with Crippen molar-refractivity contribution in [1.29, 1.82) is 0 Å². The number of ether oxygens (including phenoxy) is 2. The summed E-state index contributed by atoms with van der Waals surface area (Å²) in [6.45, 7) is 3.49. The second-order valence-corrected chi connectivity index (χ2v) is 9.37. The molecule has 0 radical (unpaired) electrons. The van der Waals surface area contributed by atoms with E-state index in [9.17, 15) is 19.5 Å². The van der Waals surface area contributed by atoms with Crippen molar-refractivity contribution in [3.05, 3.63) is 99.0 Å². The van der Waals surface area contributed by atoms with E-state index in [4.69, 9.17) is 32.7 Å². The molecule has 4 rings (SSSR count). The van der Waals surface area contributed by atoms with Crippen LogP contribution in [0, 0.1) is 0 Å². The topological polar surface area (TPSA) is 93.1 Å². The molecule has 1 aliphatic heterocycles. The highest BCUT2D eigenvalue weighted by Crippen LogP contribution is 2.43. The number of carbonyl (C=O) groups excluding carboxylic acids is 3. The number of ketones is 1. The lowest BCUT2D eigenvalue weighted by Gasteiger charge is -2.25. The first kappa shape index (κ1) is 26.3. The first-order valence-electron chi connectivity index (χ1n) is 11.3. The number of Topliss-reactive ketones (excluding diaryl/α,β-unsaturated/α-hetero) is 1. The van der Waals surface area contributed by atoms with Gasteiger partial charge in [-0.05, 0) is 55.8 Å². The van der Waals surface area contributed by atoms with Gasteiger partial charge in [0, 0.05) is 11.3 Å². The molecule has 1 N–H and O–H groups in total. The van der Waals surface area contributed by atoms with Crippen LogP contribution in [-0.2, 0) is 14.3 Å². The molecule has 1 heterocycles. The SMILES string of the molecule is COc1c(Cl)cc(/C(O)=C2\C(=O)C(=O)N(c3ccc(C(=O)OC(C)C)cc3)C2c2ccccc2)cc1Cl. The van der Waals surface area contributed by atoms with Gasteiger partial charge in [0.1, 0.15) is 5.76 Å². The molecule has 1 saturated heterocycles. The van der Waals surface area contributed by atoms with Gasteiger partial charge in [0.2, 0.25) is 0 Å². The van der Waals surface area contributed by atoms with E-state index in [0.29, 0.717) is 16.8 Å². The van der Waals surface area contributed by atoms with E-state index >= 15 is 0 Å². The van der Waals surface area contributed by atoms with Gasteiger partial charge in [-0.3, -0.25) is 14.5 Å². The highest BCUT2D eigenvalue weighted by atomic mass is 35.5. The average molecular weight is 540 g/mol. The molecule has 7 nitrogen and oxygen atoms in total. The zero-order chi connectivity index (χ0) is 26.9. The van der Waals surface area contributed by atoms with Crippen LogP contribution < -0.4 is 9.64 Å². The number of aliphatic hydroxyl groups excluding tert-OH is 1. The number of esters is 1. The largest absolute Gasteiger partial charge is 0.507 e. The molecule has 1 aliphatic rings. The molecule has 1 amide bonds. The molecule has 0 bridgehead atoms. The monoisotopic (exact) mass is 539 g/mol. The van der Waals surface area contributed by atoms with Gasteiger partial charge < -0.3 is 14.6 Å². The third-order valence-electron chi connectivity index (χ3n) is 5.76. The Bertz CT molecular complexity index is 1380. The standard InChI is InChI=1S/C28H23Cl2NO6/c1-15(2)37-28(35)17-9-11-19(12-10-17)31-23(16-7-5-4-6-8-16)22(25(33)27(31)34)24(32)18-13-20(29)26(36-3)21(30)14-18/h4-15,23,32H,1-3H3/b24-22+. The number of methoxy groups -OCH3 is 1. The van der Waals surface area contributed by atoms with Crippen molar-refractivity contribution < 1.29 is 29.0 Å². The molecule has 1 atom stereocenters. The predicted molar refractivity (Wildman–Crippen MR) is 141 cm³/mol. The summed E-state index contributed by atoms with van der Waals surface area (Å²) in [6, 6.07) is 16.8. The maximum Gasteiger partial charge on any atom is 0.338 e. The summed E-state index contributed by atoms with van der Waals surface area (Å²) in [5.74, 6) is -2.43. The number of nitrogens with zero attached hydrogens (tertiary/aromatic N) is 1. The lowest BCUT2D eigenvalue weighted by molar-refractivity contribution is -0.132. The van der Waals surface area contributed by atoms with Crippen LogP contribution in [0.4, 0.5) is 5.69 Å². The third kappa shape index (κ3) is 5.05. The Hall–Kier alpha value is -3.81. The minimum absolute atomic E-state index is 0.128. The van der Waals surface area contributed by atoms with Crippen LogP contribution in [0.5, 0.6) is 5.75 Å². The molecular formula is C28H23Cl2NO6. The molecule has 1 unspecified atom stereocenters. The van der Waals surface area contributed by atoms with Crippen molar-refractivity contribution in [2.24, 2.45) is 0 Å². The number of hydrogen-bond acceptors (Lipinski definition) is 6. The minimum atomic E-state index is -0.950. The van der Waals surface area contributed by atoms with Crippen molar-refractivity contribution in [2.75, 3.05) is 12.0 Å². The Morgan fingerprint density at radius 3 is 2.08 bits per heavy atom. The van der Waals surface area contributed by atoms with E-state index in [1.807, 2.05) is 0 Å². The lowest BCUT2D eigenvalue weighted by atomic mass is 9.95. The number of rotatable bonds is 6. The summed E-state index contributed by atoms with van der Waals surface area (Å²) >= 11 is 12.5. The van der Waals surface area contributed by atoms with E-state index < -0.39 is 29.5 Å². The Morgan fingerprint density at radius 2 is 1.54 bits per heavy atom. The molecule has 190 valence electrons. The number of anilines is 1. The molecule has 3 aromatic carbocycles. The van der Waals surface area contributed by atoms with E-state index in [2.05, 4.69) is 0 Å². The first-order chi connectivity index (χ1) is 17.6. The molecule has 3 aromatic rings. The van der Waals surface area contributed by atoms with Crippen molar-refractivity contribution in [2.45, 2.75) is 26.0 Å². The van der Waals surface area contributed by atoms with Crippen LogP contribution in [0.1, 0.15) is 41.4 Å². The van der Waals surface area contributed by atoms with Gasteiger partial charge in [-0.15, -0.1) is 0 Å². The second kappa shape index (κ2) is 10.7. The summed E-state index contributed by atoms with van der Waals surface area (Å²) in [7, 11) is 1.40. The molecule has 37 heavy (non-hydrogen) atoms. The maximum absolute atomic E-state index is 13.3. The Balaban J connectivity index is 1.85. The maximum atomic E-state index is 13.3. The number of hydrogen-bond donors (Lipinski definition) is 1. The predicted octanol–water partition coefficient (Wildman–Crippen LogP) is 6.19. The van der Waals surface area contributed by atoms with E-state index in [1.54, 1.807) is 56.3 Å². The van der Waals surface area contributed by atoms with Crippen LogP contribution in [0.15, 0.2) is 72.3 Å². The van der Waals surface area contributed by atoms with Gasteiger partial charge >= 0.3 is 5.97 Å². The summed E-state index contributed by atoms with van der Waals surface area (Å²) in [4.78, 5) is 40.2. The number of aliphatic hydroxyl groups is 1. The zero-order valence-electron chi connectivity index (χ0n) is 20.2. The average Bonchev–Trinajstić information content (AvgIpc) is 3.14. The van der Waals surface area contributed by atoms with E-state index in [1.165, 1.54) is 36.3 Å². The van der Waals surface area contributed by atoms with Gasteiger partial charge in [0.15, 0.2) is 5.75 Å². The summed E-state index contributed by atoms with van der Waals surface area (Å²) in [5, 5.41) is 11.5. The van der Waals surface area contributed by atoms with Gasteiger partial charge in [0.05, 0.1) is 40.4 Å². The van der Waals surface area contributed by atoms with Crippen LogP contribution in [-0.4, -0.2) is 36.0 Å². The second-order valence-electron chi connectivity index (χ2n) is 8.55. The van der Waals surface area contributed by atoms with Gasteiger partial charge in [-0.2, -0.15) is 0 Å².